The highest BCUT2D eigenvalue weighted by molar-refractivity contribution is 7.47. The van der Waals surface area contributed by atoms with Gasteiger partial charge in [0, 0.05) is 25.7 Å². The number of hydrogen-bond donors (Lipinski definition) is 3. The third-order valence-electron chi connectivity index (χ3n) is 19.9. The number of aliphatic hydroxyl groups excluding tert-OH is 1. The summed E-state index contributed by atoms with van der Waals surface area (Å²) in [6, 6.07) is 0. The van der Waals surface area contributed by atoms with E-state index in [0.29, 0.717) is 25.7 Å². The number of phosphoric acid groups is 2. The summed E-state index contributed by atoms with van der Waals surface area (Å²) in [4.78, 5) is 73.0. The molecule has 0 heterocycles. The number of carbonyl (C=O) groups is 4. The summed E-state index contributed by atoms with van der Waals surface area (Å²) in [6.45, 7) is 7.38. The van der Waals surface area contributed by atoms with Crippen molar-refractivity contribution in [3.05, 3.63) is 0 Å². The van der Waals surface area contributed by atoms with Crippen molar-refractivity contribution >= 4 is 39.5 Å². The van der Waals surface area contributed by atoms with E-state index in [-0.39, 0.29) is 25.7 Å². The molecule has 19 heteroatoms. The first-order valence-corrected chi connectivity index (χ1v) is 46.2. The lowest BCUT2D eigenvalue weighted by molar-refractivity contribution is -0.161. The summed E-state index contributed by atoms with van der Waals surface area (Å²) in [6.07, 6.45) is 68.0. The zero-order chi connectivity index (χ0) is 74.8. The van der Waals surface area contributed by atoms with Crippen LogP contribution in [0, 0.1) is 5.92 Å². The Morgan fingerprint density at radius 1 is 0.275 bits per heavy atom. The largest absolute Gasteiger partial charge is 0.472 e. The van der Waals surface area contributed by atoms with E-state index in [1.54, 1.807) is 0 Å². The van der Waals surface area contributed by atoms with E-state index in [0.717, 1.165) is 95.8 Å². The number of aliphatic hydroxyl groups is 1. The Morgan fingerprint density at radius 3 is 0.696 bits per heavy atom. The van der Waals surface area contributed by atoms with Crippen LogP contribution in [-0.2, 0) is 65.4 Å². The van der Waals surface area contributed by atoms with Crippen molar-refractivity contribution < 1.29 is 80.2 Å². The molecule has 3 unspecified atom stereocenters. The molecule has 17 nitrogen and oxygen atoms in total. The first kappa shape index (κ1) is 100. The number of rotatable bonds is 83. The molecule has 606 valence electrons. The van der Waals surface area contributed by atoms with Gasteiger partial charge < -0.3 is 33.8 Å². The van der Waals surface area contributed by atoms with Crippen LogP contribution in [0.2, 0.25) is 0 Å². The highest BCUT2D eigenvalue weighted by atomic mass is 31.2. The molecule has 0 rings (SSSR count). The van der Waals surface area contributed by atoms with Gasteiger partial charge in [-0.25, -0.2) is 9.13 Å². The lowest BCUT2D eigenvalue weighted by atomic mass is 9.99. The fourth-order valence-electron chi connectivity index (χ4n) is 12.9. The quantitative estimate of drug-likeness (QED) is 0.0222. The van der Waals surface area contributed by atoms with Crippen molar-refractivity contribution in [3.8, 4) is 0 Å². The van der Waals surface area contributed by atoms with Gasteiger partial charge in [0.15, 0.2) is 12.2 Å². The molecule has 0 fully saturated rings. The zero-order valence-corrected chi connectivity index (χ0v) is 68.5. The highest BCUT2D eigenvalue weighted by Gasteiger charge is 2.30. The van der Waals surface area contributed by atoms with Gasteiger partial charge in [-0.1, -0.05) is 394 Å². The highest BCUT2D eigenvalue weighted by Crippen LogP contribution is 2.45. The molecule has 0 saturated carbocycles. The molecule has 0 aromatic rings. The molecule has 0 aliphatic heterocycles. The second kappa shape index (κ2) is 75.9. The van der Waals surface area contributed by atoms with Gasteiger partial charge in [0.05, 0.1) is 26.4 Å². The van der Waals surface area contributed by atoms with Gasteiger partial charge in [-0.2, -0.15) is 0 Å². The van der Waals surface area contributed by atoms with Gasteiger partial charge in [0.2, 0.25) is 0 Å². The standard InChI is InChI=1S/C83H162O17P2/c1-6-10-13-16-19-22-24-26-28-30-32-34-39-43-47-52-57-62-67-81(86)94-73-79(100-83(88)69-64-59-54-49-45-41-37-36-38-42-46-50-55-60-65-76(5)9-4)75-98-102(91,92)96-71-77(84)70-95-101(89,90)97-74-78(72-93-80(85)66-61-56-51-21-18-15-12-8-3)99-82(87)68-63-58-53-48-44-40-35-33-31-29-27-25-23-20-17-14-11-7-2/h76-79,84H,6-75H2,1-5H3,(H,89,90)(H,91,92)/t76?,77-,78+,79+/m0/s1. The molecule has 0 radical (unpaired) electrons. The first-order chi connectivity index (χ1) is 49.6. The van der Waals surface area contributed by atoms with Crippen molar-refractivity contribution in [1.29, 1.82) is 0 Å². The zero-order valence-electron chi connectivity index (χ0n) is 66.8. The van der Waals surface area contributed by atoms with Crippen molar-refractivity contribution in [2.75, 3.05) is 39.6 Å². The second-order valence-corrected chi connectivity index (χ2v) is 33.0. The maximum atomic E-state index is 13.1. The number of ether oxygens (including phenoxy) is 4. The minimum Gasteiger partial charge on any atom is -0.462 e. The SMILES string of the molecule is CCCCCCCCCCCCCCCCCCCCC(=O)OC[C@H](COP(=O)(O)OC[C@@H](O)COP(=O)(O)OC[C@@H](COC(=O)CCCCCCCCCC)OC(=O)CCCCCCCCCCCCCCCCCCCC)OC(=O)CCCCCCCCCCCCCCCCC(C)CC. The van der Waals surface area contributed by atoms with Gasteiger partial charge in [0.25, 0.3) is 0 Å². The molecule has 0 aromatic heterocycles. The van der Waals surface area contributed by atoms with E-state index in [4.69, 9.17) is 37.0 Å². The number of carbonyl (C=O) groups excluding carboxylic acids is 4. The lowest BCUT2D eigenvalue weighted by Gasteiger charge is -2.21. The van der Waals surface area contributed by atoms with Crippen LogP contribution in [0.25, 0.3) is 0 Å². The summed E-state index contributed by atoms with van der Waals surface area (Å²) in [5, 5.41) is 10.6. The molecule has 0 amide bonds. The van der Waals surface area contributed by atoms with E-state index >= 15 is 0 Å². The number of esters is 4. The first-order valence-electron chi connectivity index (χ1n) is 43.2. The Labute approximate surface area is 626 Å². The van der Waals surface area contributed by atoms with Crippen LogP contribution in [0.5, 0.6) is 0 Å². The monoisotopic (exact) mass is 1490 g/mol. The third kappa shape index (κ3) is 74.9. The van der Waals surface area contributed by atoms with Crippen LogP contribution < -0.4 is 0 Å². The third-order valence-corrected chi connectivity index (χ3v) is 21.8. The average Bonchev–Trinajstić information content (AvgIpc) is 0.914. The minimum absolute atomic E-state index is 0.109. The van der Waals surface area contributed by atoms with Gasteiger partial charge >= 0.3 is 39.5 Å². The van der Waals surface area contributed by atoms with Crippen LogP contribution >= 0.6 is 15.6 Å². The molecule has 102 heavy (non-hydrogen) atoms. The van der Waals surface area contributed by atoms with E-state index in [2.05, 4.69) is 34.6 Å². The summed E-state index contributed by atoms with van der Waals surface area (Å²) >= 11 is 0. The lowest BCUT2D eigenvalue weighted by Crippen LogP contribution is -2.30. The van der Waals surface area contributed by atoms with Gasteiger partial charge in [-0.15, -0.1) is 0 Å². The van der Waals surface area contributed by atoms with Crippen LogP contribution in [0.3, 0.4) is 0 Å². The molecule has 0 spiro atoms. The molecule has 3 N–H and O–H groups in total. The summed E-state index contributed by atoms with van der Waals surface area (Å²) < 4.78 is 68.7. The number of unbranched alkanes of at least 4 members (excludes halogenated alkanes) is 54. The molecule has 0 aromatic carbocycles. The fourth-order valence-corrected chi connectivity index (χ4v) is 14.5. The topological polar surface area (TPSA) is 237 Å². The predicted octanol–water partition coefficient (Wildman–Crippen LogP) is 25.2. The maximum absolute atomic E-state index is 13.1. The van der Waals surface area contributed by atoms with Crippen molar-refractivity contribution in [2.24, 2.45) is 5.92 Å². The van der Waals surface area contributed by atoms with Crippen molar-refractivity contribution in [2.45, 2.75) is 464 Å². The minimum atomic E-state index is -4.96. The van der Waals surface area contributed by atoms with Gasteiger partial charge in [-0.3, -0.25) is 37.3 Å². The Kier molecular flexibility index (Phi) is 74.4. The van der Waals surface area contributed by atoms with Crippen LogP contribution in [0.1, 0.15) is 446 Å². The summed E-state index contributed by atoms with van der Waals surface area (Å²) in [5.41, 5.74) is 0. The van der Waals surface area contributed by atoms with E-state index in [1.807, 2.05) is 0 Å². The Bertz CT molecular complexity index is 1950. The van der Waals surface area contributed by atoms with E-state index in [9.17, 15) is 43.2 Å². The number of hydrogen-bond acceptors (Lipinski definition) is 15. The van der Waals surface area contributed by atoms with E-state index < -0.39 is 97.5 Å². The van der Waals surface area contributed by atoms with Crippen LogP contribution in [0.4, 0.5) is 0 Å². The normalized spacial score (nSPS) is 14.1. The Balaban J connectivity index is 5.19. The number of phosphoric ester groups is 2. The van der Waals surface area contributed by atoms with Crippen molar-refractivity contribution in [1.82, 2.24) is 0 Å². The predicted molar refractivity (Wildman–Crippen MR) is 418 cm³/mol. The molecule has 0 aliphatic rings. The Morgan fingerprint density at radius 2 is 0.471 bits per heavy atom. The molecule has 0 aliphatic carbocycles. The van der Waals surface area contributed by atoms with Crippen LogP contribution in [0.15, 0.2) is 0 Å². The molecular weight excluding hydrogens is 1330 g/mol. The maximum Gasteiger partial charge on any atom is 0.472 e. The van der Waals surface area contributed by atoms with Gasteiger partial charge in [0.1, 0.15) is 19.3 Å². The summed E-state index contributed by atoms with van der Waals surface area (Å²) in [7, 11) is -9.92. The van der Waals surface area contributed by atoms with Crippen molar-refractivity contribution in [3.63, 3.8) is 0 Å². The van der Waals surface area contributed by atoms with Gasteiger partial charge in [-0.05, 0) is 31.6 Å². The molecule has 0 bridgehead atoms. The van der Waals surface area contributed by atoms with Crippen LogP contribution in [-0.4, -0.2) is 96.7 Å². The smallest absolute Gasteiger partial charge is 0.462 e. The molecular formula is C83H162O17P2. The second-order valence-electron chi connectivity index (χ2n) is 30.1. The fraction of sp³-hybridized carbons (Fsp3) is 0.952. The molecule has 6 atom stereocenters. The summed E-state index contributed by atoms with van der Waals surface area (Å²) in [5.74, 6) is -1.26. The molecule has 0 saturated heterocycles. The van der Waals surface area contributed by atoms with E-state index in [1.165, 1.54) is 270 Å². The Hall–Kier alpha value is -1.94. The average molecular weight is 1490 g/mol.